The van der Waals surface area contributed by atoms with Crippen LogP contribution in [-0.2, 0) is 32.6 Å². The molecule has 40 heavy (non-hydrogen) atoms. The Morgan fingerprint density at radius 1 is 0.850 bits per heavy atom. The minimum absolute atomic E-state index is 0.0351. The predicted molar refractivity (Wildman–Crippen MR) is 163 cm³/mol. The van der Waals surface area contributed by atoms with Gasteiger partial charge in [-0.15, -0.1) is 0 Å². The Bertz CT molecular complexity index is 1450. The van der Waals surface area contributed by atoms with E-state index in [0.717, 1.165) is 16.1 Å². The first-order chi connectivity index (χ1) is 18.7. The number of amides is 2. The lowest BCUT2D eigenvalue weighted by Crippen LogP contribution is -2.54. The van der Waals surface area contributed by atoms with Crippen molar-refractivity contribution in [2.75, 3.05) is 17.1 Å². The molecule has 2 amide bonds. The van der Waals surface area contributed by atoms with Crippen LogP contribution in [-0.4, -0.2) is 50.0 Å². The van der Waals surface area contributed by atoms with Gasteiger partial charge in [0.25, 0.3) is 0 Å². The van der Waals surface area contributed by atoms with Crippen molar-refractivity contribution in [2.24, 2.45) is 0 Å². The summed E-state index contributed by atoms with van der Waals surface area (Å²) in [5.74, 6) is -1.00. The molecule has 0 aliphatic heterocycles. The van der Waals surface area contributed by atoms with E-state index in [2.05, 4.69) is 5.32 Å². The number of benzene rings is 3. The summed E-state index contributed by atoms with van der Waals surface area (Å²) in [7, 11) is -3.96. The number of hydrogen-bond acceptors (Lipinski definition) is 4. The van der Waals surface area contributed by atoms with Gasteiger partial charge in [0, 0.05) is 29.1 Å². The van der Waals surface area contributed by atoms with Gasteiger partial charge in [-0.25, -0.2) is 8.42 Å². The quantitative estimate of drug-likeness (QED) is 0.268. The summed E-state index contributed by atoms with van der Waals surface area (Å²) in [6, 6.07) is 17.2. The van der Waals surface area contributed by atoms with E-state index in [1.807, 2.05) is 44.2 Å². The second kappa shape index (κ2) is 13.9. The molecule has 1 N–H and O–H groups in total. The third-order valence-corrected chi connectivity index (χ3v) is 8.17. The number of carbonyl (C=O) groups excluding carboxylic acids is 2. The molecular formula is C28H29Cl4N3O4S. The van der Waals surface area contributed by atoms with Gasteiger partial charge in [-0.05, 0) is 55.3 Å². The number of anilines is 1. The van der Waals surface area contributed by atoms with Crippen LogP contribution in [0.25, 0.3) is 0 Å². The maximum atomic E-state index is 14.0. The molecule has 0 aromatic heterocycles. The number of sulfonamides is 1. The Morgan fingerprint density at radius 2 is 1.48 bits per heavy atom. The number of halogens is 4. The highest BCUT2D eigenvalue weighted by Crippen LogP contribution is 2.28. The number of carbonyl (C=O) groups is 2. The predicted octanol–water partition coefficient (Wildman–Crippen LogP) is 6.23. The summed E-state index contributed by atoms with van der Waals surface area (Å²) in [6.45, 7) is 3.00. The largest absolute Gasteiger partial charge is 0.352 e. The third-order valence-electron chi connectivity index (χ3n) is 5.85. The van der Waals surface area contributed by atoms with Crippen molar-refractivity contribution in [1.29, 1.82) is 0 Å². The Balaban J connectivity index is 2.09. The molecule has 0 heterocycles. The van der Waals surface area contributed by atoms with Gasteiger partial charge < -0.3 is 10.2 Å². The van der Waals surface area contributed by atoms with Crippen LogP contribution in [0.4, 0.5) is 5.69 Å². The molecule has 7 nitrogen and oxygen atoms in total. The molecule has 0 bridgehead atoms. The van der Waals surface area contributed by atoms with Gasteiger partial charge in [-0.2, -0.15) is 0 Å². The highest BCUT2D eigenvalue weighted by atomic mass is 35.5. The lowest BCUT2D eigenvalue weighted by atomic mass is 10.0. The molecular weight excluding hydrogens is 616 g/mol. The molecule has 214 valence electrons. The summed E-state index contributed by atoms with van der Waals surface area (Å²) in [5.41, 5.74) is 1.55. The standard InChI is InChI=1S/C28H29Cl4N3O4S/c1-18(2)33-28(37)26(12-19-7-5-4-6-8-19)34(16-20-9-10-24(31)25(32)11-20)27(36)17-35(40(3,38)39)23-14-21(29)13-22(30)15-23/h4-11,13-15,18,26H,12,16-17H2,1-3H3,(H,33,37)/t26-/m1/s1. The number of nitrogens with zero attached hydrogens (tertiary/aromatic N) is 2. The summed E-state index contributed by atoms with van der Waals surface area (Å²) < 4.78 is 26.6. The van der Waals surface area contributed by atoms with E-state index in [0.29, 0.717) is 10.6 Å². The van der Waals surface area contributed by atoms with Crippen LogP contribution < -0.4 is 9.62 Å². The van der Waals surface area contributed by atoms with Crippen molar-refractivity contribution in [3.8, 4) is 0 Å². The molecule has 3 aromatic carbocycles. The highest BCUT2D eigenvalue weighted by Gasteiger charge is 2.33. The van der Waals surface area contributed by atoms with Gasteiger partial charge in [0.1, 0.15) is 12.6 Å². The maximum Gasteiger partial charge on any atom is 0.244 e. The Labute approximate surface area is 255 Å². The highest BCUT2D eigenvalue weighted by molar-refractivity contribution is 7.92. The maximum absolute atomic E-state index is 14.0. The molecule has 0 spiro atoms. The molecule has 0 fully saturated rings. The SMILES string of the molecule is CC(C)NC(=O)[C@@H](Cc1ccccc1)N(Cc1ccc(Cl)c(Cl)c1)C(=O)CN(c1cc(Cl)cc(Cl)c1)S(C)(=O)=O. The Kier molecular flexibility index (Phi) is 11.1. The first kappa shape index (κ1) is 32.0. The third kappa shape index (κ3) is 9.01. The molecule has 12 heteroatoms. The van der Waals surface area contributed by atoms with Crippen LogP contribution in [0, 0.1) is 0 Å². The average molecular weight is 645 g/mol. The molecule has 0 saturated carbocycles. The van der Waals surface area contributed by atoms with Crippen molar-refractivity contribution in [2.45, 2.75) is 38.9 Å². The van der Waals surface area contributed by atoms with Crippen LogP contribution in [0.3, 0.4) is 0 Å². The molecule has 0 unspecified atom stereocenters. The van der Waals surface area contributed by atoms with Gasteiger partial charge in [0.2, 0.25) is 21.8 Å². The number of nitrogens with one attached hydrogen (secondary N) is 1. The van der Waals surface area contributed by atoms with Crippen molar-refractivity contribution in [3.63, 3.8) is 0 Å². The van der Waals surface area contributed by atoms with E-state index in [1.165, 1.54) is 23.1 Å². The zero-order valence-electron chi connectivity index (χ0n) is 22.1. The average Bonchev–Trinajstić information content (AvgIpc) is 2.85. The Morgan fingerprint density at radius 3 is 2.02 bits per heavy atom. The van der Waals surface area contributed by atoms with Gasteiger partial charge in [-0.1, -0.05) is 82.8 Å². The van der Waals surface area contributed by atoms with Crippen LogP contribution in [0.5, 0.6) is 0 Å². The fourth-order valence-electron chi connectivity index (χ4n) is 4.07. The van der Waals surface area contributed by atoms with Crippen molar-refractivity contribution in [1.82, 2.24) is 10.2 Å². The zero-order chi connectivity index (χ0) is 29.6. The number of rotatable bonds is 11. The Hall–Kier alpha value is -2.49. The van der Waals surface area contributed by atoms with Crippen LogP contribution in [0.15, 0.2) is 66.7 Å². The van der Waals surface area contributed by atoms with Crippen molar-refractivity contribution >= 4 is 73.9 Å². The fourth-order valence-corrected chi connectivity index (χ4v) is 5.73. The fraction of sp³-hybridized carbons (Fsp3) is 0.286. The molecule has 0 radical (unpaired) electrons. The van der Waals surface area contributed by atoms with E-state index in [-0.39, 0.29) is 45.7 Å². The van der Waals surface area contributed by atoms with Gasteiger partial charge in [-0.3, -0.25) is 13.9 Å². The summed E-state index contributed by atoms with van der Waals surface area (Å²) in [5, 5.41) is 3.91. The van der Waals surface area contributed by atoms with E-state index in [9.17, 15) is 18.0 Å². The smallest absolute Gasteiger partial charge is 0.244 e. The van der Waals surface area contributed by atoms with E-state index < -0.39 is 28.5 Å². The molecule has 0 saturated heterocycles. The van der Waals surface area contributed by atoms with Crippen molar-refractivity contribution in [3.05, 3.63) is 97.9 Å². The first-order valence-electron chi connectivity index (χ1n) is 12.3. The monoisotopic (exact) mass is 643 g/mol. The molecule has 3 aromatic rings. The van der Waals surface area contributed by atoms with Crippen LogP contribution in [0.1, 0.15) is 25.0 Å². The lowest BCUT2D eigenvalue weighted by Gasteiger charge is -2.34. The molecule has 3 rings (SSSR count). The molecule has 1 atom stereocenters. The van der Waals surface area contributed by atoms with Crippen molar-refractivity contribution < 1.29 is 18.0 Å². The lowest BCUT2D eigenvalue weighted by molar-refractivity contribution is -0.140. The van der Waals surface area contributed by atoms with Gasteiger partial charge in [0.05, 0.1) is 22.0 Å². The van der Waals surface area contributed by atoms with Gasteiger partial charge in [0.15, 0.2) is 0 Å². The topological polar surface area (TPSA) is 86.8 Å². The summed E-state index contributed by atoms with van der Waals surface area (Å²) >= 11 is 24.6. The second-order valence-corrected chi connectivity index (χ2v) is 13.1. The second-order valence-electron chi connectivity index (χ2n) is 9.54. The first-order valence-corrected chi connectivity index (χ1v) is 15.6. The summed E-state index contributed by atoms with van der Waals surface area (Å²) in [6.07, 6.45) is 1.17. The van der Waals surface area contributed by atoms with E-state index >= 15 is 0 Å². The summed E-state index contributed by atoms with van der Waals surface area (Å²) in [4.78, 5) is 28.9. The molecule has 0 aliphatic rings. The van der Waals surface area contributed by atoms with Crippen LogP contribution in [0.2, 0.25) is 20.1 Å². The minimum atomic E-state index is -3.96. The molecule has 0 aliphatic carbocycles. The van der Waals surface area contributed by atoms with Crippen LogP contribution >= 0.6 is 46.4 Å². The normalized spacial score (nSPS) is 12.2. The number of hydrogen-bond donors (Lipinski definition) is 1. The minimum Gasteiger partial charge on any atom is -0.352 e. The van der Waals surface area contributed by atoms with E-state index in [1.54, 1.807) is 18.2 Å². The zero-order valence-corrected chi connectivity index (χ0v) is 25.9. The van der Waals surface area contributed by atoms with Gasteiger partial charge >= 0.3 is 0 Å². The van der Waals surface area contributed by atoms with E-state index in [4.69, 9.17) is 46.4 Å².